The van der Waals surface area contributed by atoms with E-state index < -0.39 is 0 Å². The summed E-state index contributed by atoms with van der Waals surface area (Å²) in [6.07, 6.45) is 0. The molecular formula is C22H21N7. The monoisotopic (exact) mass is 383 g/mol. The number of H-pyrrole nitrogens is 1. The molecule has 3 aromatic heterocycles. The van der Waals surface area contributed by atoms with Crippen LogP contribution in [0.2, 0.25) is 0 Å². The number of anilines is 2. The highest BCUT2D eigenvalue weighted by Gasteiger charge is 2.10. The minimum absolute atomic E-state index is 0.556. The standard InChI is InChI=1S/C22H21N7/c1-28(2)14-20-24-17-12-11-16(13-18(17)25-20)23-22-26-21-10-6-9-19(29(21)27-22)15-7-4-3-5-8-15/h3-13H,14H2,1-2H3,(H,23,27)(H,24,25). The first-order chi connectivity index (χ1) is 14.2. The Morgan fingerprint density at radius 1 is 0.966 bits per heavy atom. The molecule has 0 atom stereocenters. The van der Waals surface area contributed by atoms with Gasteiger partial charge < -0.3 is 15.2 Å². The largest absolute Gasteiger partial charge is 0.341 e. The van der Waals surface area contributed by atoms with E-state index in [1.54, 1.807) is 0 Å². The lowest BCUT2D eigenvalue weighted by Gasteiger charge is -2.05. The van der Waals surface area contributed by atoms with Crippen molar-refractivity contribution in [1.82, 2.24) is 29.5 Å². The molecule has 5 aromatic rings. The zero-order chi connectivity index (χ0) is 19.8. The number of rotatable bonds is 5. The number of aromatic amines is 1. The number of benzene rings is 2. The first-order valence-electron chi connectivity index (χ1n) is 9.47. The number of hydrogen-bond acceptors (Lipinski definition) is 5. The molecule has 2 N–H and O–H groups in total. The van der Waals surface area contributed by atoms with E-state index in [-0.39, 0.29) is 0 Å². The van der Waals surface area contributed by atoms with Gasteiger partial charge in [-0.05, 0) is 44.4 Å². The van der Waals surface area contributed by atoms with Gasteiger partial charge in [0.15, 0.2) is 5.65 Å². The van der Waals surface area contributed by atoms with Gasteiger partial charge in [0.05, 0.1) is 23.3 Å². The van der Waals surface area contributed by atoms with Gasteiger partial charge in [-0.3, -0.25) is 0 Å². The minimum atomic E-state index is 0.556. The molecule has 144 valence electrons. The van der Waals surface area contributed by atoms with Gasteiger partial charge in [0.1, 0.15) is 5.82 Å². The lowest BCUT2D eigenvalue weighted by atomic mass is 10.1. The summed E-state index contributed by atoms with van der Waals surface area (Å²) in [4.78, 5) is 14.7. The summed E-state index contributed by atoms with van der Waals surface area (Å²) in [6, 6.07) is 22.2. The molecule has 0 aliphatic heterocycles. The molecule has 7 nitrogen and oxygen atoms in total. The third-order valence-electron chi connectivity index (χ3n) is 4.68. The van der Waals surface area contributed by atoms with Crippen LogP contribution in [-0.2, 0) is 6.54 Å². The molecule has 7 heteroatoms. The fourth-order valence-corrected chi connectivity index (χ4v) is 3.43. The van der Waals surface area contributed by atoms with E-state index in [1.165, 1.54) is 0 Å². The molecule has 0 aliphatic carbocycles. The van der Waals surface area contributed by atoms with Crippen LogP contribution in [0.5, 0.6) is 0 Å². The Labute approximate surface area is 168 Å². The molecule has 0 saturated heterocycles. The maximum absolute atomic E-state index is 4.67. The number of aromatic nitrogens is 5. The fourth-order valence-electron chi connectivity index (χ4n) is 3.43. The maximum Gasteiger partial charge on any atom is 0.247 e. The van der Waals surface area contributed by atoms with Crippen LogP contribution in [0.15, 0.2) is 66.7 Å². The third kappa shape index (κ3) is 3.43. The van der Waals surface area contributed by atoms with E-state index >= 15 is 0 Å². The summed E-state index contributed by atoms with van der Waals surface area (Å²) in [5.74, 6) is 1.50. The Balaban J connectivity index is 1.47. The van der Waals surface area contributed by atoms with E-state index in [0.717, 1.165) is 46.0 Å². The van der Waals surface area contributed by atoms with Crippen molar-refractivity contribution in [2.24, 2.45) is 0 Å². The van der Waals surface area contributed by atoms with Crippen LogP contribution in [0.25, 0.3) is 27.9 Å². The van der Waals surface area contributed by atoms with Gasteiger partial charge >= 0.3 is 0 Å². The molecule has 0 spiro atoms. The van der Waals surface area contributed by atoms with Gasteiger partial charge in [-0.2, -0.15) is 4.98 Å². The average Bonchev–Trinajstić information content (AvgIpc) is 3.30. The van der Waals surface area contributed by atoms with Crippen molar-refractivity contribution >= 4 is 28.3 Å². The van der Waals surface area contributed by atoms with Gasteiger partial charge in [0.2, 0.25) is 5.95 Å². The zero-order valence-electron chi connectivity index (χ0n) is 16.3. The summed E-state index contributed by atoms with van der Waals surface area (Å²) in [5, 5.41) is 7.98. The molecule has 0 aliphatic rings. The van der Waals surface area contributed by atoms with Crippen molar-refractivity contribution in [2.75, 3.05) is 19.4 Å². The number of imidazole rings is 1. The van der Waals surface area contributed by atoms with Crippen LogP contribution in [0.1, 0.15) is 5.82 Å². The van der Waals surface area contributed by atoms with Gasteiger partial charge in [-0.25, -0.2) is 9.50 Å². The number of nitrogens with one attached hydrogen (secondary N) is 2. The van der Waals surface area contributed by atoms with Gasteiger partial charge in [-0.15, -0.1) is 5.10 Å². The topological polar surface area (TPSA) is 74.1 Å². The van der Waals surface area contributed by atoms with Crippen molar-refractivity contribution in [2.45, 2.75) is 6.54 Å². The summed E-state index contributed by atoms with van der Waals surface area (Å²) < 4.78 is 1.86. The SMILES string of the molecule is CN(C)Cc1nc2ccc(Nc3nc4cccc(-c5ccccc5)n4n3)cc2[nH]1. The Morgan fingerprint density at radius 3 is 2.66 bits per heavy atom. The second kappa shape index (κ2) is 7.03. The molecule has 3 heterocycles. The number of hydrogen-bond donors (Lipinski definition) is 2. The molecule has 0 fully saturated rings. The minimum Gasteiger partial charge on any atom is -0.341 e. The molecule has 0 bridgehead atoms. The second-order valence-corrected chi connectivity index (χ2v) is 7.26. The fraction of sp³-hybridized carbons (Fsp3) is 0.136. The van der Waals surface area contributed by atoms with Crippen molar-refractivity contribution in [1.29, 1.82) is 0 Å². The van der Waals surface area contributed by atoms with Gasteiger partial charge in [-0.1, -0.05) is 36.4 Å². The molecule has 0 unspecified atom stereocenters. The van der Waals surface area contributed by atoms with E-state index in [9.17, 15) is 0 Å². The quantitative estimate of drug-likeness (QED) is 0.478. The predicted octanol–water partition coefficient (Wildman–Crippen LogP) is 4.08. The normalized spacial score (nSPS) is 11.6. The smallest absolute Gasteiger partial charge is 0.247 e. The Bertz CT molecular complexity index is 1280. The highest BCUT2D eigenvalue weighted by atomic mass is 15.4. The molecule has 29 heavy (non-hydrogen) atoms. The third-order valence-corrected chi connectivity index (χ3v) is 4.68. The lowest BCUT2D eigenvalue weighted by molar-refractivity contribution is 0.392. The van der Waals surface area contributed by atoms with Crippen molar-refractivity contribution < 1.29 is 0 Å². The average molecular weight is 383 g/mol. The molecule has 5 rings (SSSR count). The number of fused-ring (bicyclic) bond motifs is 2. The molecule has 0 saturated carbocycles. The summed E-state index contributed by atoms with van der Waals surface area (Å²) in [5.41, 5.74) is 5.74. The van der Waals surface area contributed by atoms with Gasteiger partial charge in [0.25, 0.3) is 0 Å². The maximum atomic E-state index is 4.67. The van der Waals surface area contributed by atoms with E-state index in [4.69, 9.17) is 0 Å². The zero-order valence-corrected chi connectivity index (χ0v) is 16.3. The first-order valence-corrected chi connectivity index (χ1v) is 9.47. The molecule has 0 amide bonds. The number of pyridine rings is 1. The summed E-state index contributed by atoms with van der Waals surface area (Å²) >= 11 is 0. The lowest BCUT2D eigenvalue weighted by Crippen LogP contribution is -2.11. The molecule has 2 aromatic carbocycles. The molecule has 0 radical (unpaired) electrons. The first kappa shape index (κ1) is 17.4. The Hall–Kier alpha value is -3.71. The van der Waals surface area contributed by atoms with Gasteiger partial charge in [0, 0.05) is 11.3 Å². The van der Waals surface area contributed by atoms with Crippen molar-refractivity contribution in [3.63, 3.8) is 0 Å². The van der Waals surface area contributed by atoms with Crippen molar-refractivity contribution in [3.05, 3.63) is 72.6 Å². The Morgan fingerprint density at radius 2 is 1.83 bits per heavy atom. The van der Waals surface area contributed by atoms with Crippen LogP contribution in [0.3, 0.4) is 0 Å². The molecular weight excluding hydrogens is 362 g/mol. The van der Waals surface area contributed by atoms with Crippen LogP contribution < -0.4 is 5.32 Å². The van der Waals surface area contributed by atoms with Crippen molar-refractivity contribution in [3.8, 4) is 11.3 Å². The Kier molecular flexibility index (Phi) is 4.22. The van der Waals surface area contributed by atoms with Crippen LogP contribution >= 0.6 is 0 Å². The summed E-state index contributed by atoms with van der Waals surface area (Å²) in [6.45, 7) is 0.772. The van der Waals surface area contributed by atoms with Crippen LogP contribution in [0, 0.1) is 0 Å². The van der Waals surface area contributed by atoms with E-state index in [0.29, 0.717) is 5.95 Å². The van der Waals surface area contributed by atoms with E-state index in [1.807, 2.05) is 73.2 Å². The predicted molar refractivity (Wildman–Crippen MR) is 115 cm³/mol. The second-order valence-electron chi connectivity index (χ2n) is 7.26. The van der Waals surface area contributed by atoms with Crippen LogP contribution in [0.4, 0.5) is 11.6 Å². The van der Waals surface area contributed by atoms with Crippen LogP contribution in [-0.4, -0.2) is 43.6 Å². The number of nitrogens with zero attached hydrogens (tertiary/aromatic N) is 5. The summed E-state index contributed by atoms with van der Waals surface area (Å²) in [7, 11) is 4.05. The highest BCUT2D eigenvalue weighted by molar-refractivity contribution is 5.80. The van der Waals surface area contributed by atoms with E-state index in [2.05, 4.69) is 42.4 Å². The highest BCUT2D eigenvalue weighted by Crippen LogP contribution is 2.23.